The lowest BCUT2D eigenvalue weighted by Gasteiger charge is -2.06. The Kier molecular flexibility index (Phi) is 4.51. The Balaban J connectivity index is 1.92. The molecule has 1 N–H and O–H groups in total. The minimum Gasteiger partial charge on any atom is -0.300 e. The molecule has 0 saturated heterocycles. The van der Waals surface area contributed by atoms with E-state index >= 15 is 0 Å². The van der Waals surface area contributed by atoms with Gasteiger partial charge < -0.3 is 5.32 Å². The monoisotopic (exact) mass is 365 g/mol. The van der Waals surface area contributed by atoms with Crippen LogP contribution < -0.4 is 5.32 Å². The number of carbonyl (C=O) groups is 1. The van der Waals surface area contributed by atoms with Gasteiger partial charge in [0.1, 0.15) is 6.54 Å². The van der Waals surface area contributed by atoms with E-state index in [2.05, 4.69) is 20.4 Å². The Hall–Kier alpha value is -2.42. The molecular formula is C16H17F2N5OS. The number of nitrogens with one attached hydrogen (secondary N) is 1. The van der Waals surface area contributed by atoms with Gasteiger partial charge in [-0.1, -0.05) is 0 Å². The second-order valence-corrected chi connectivity index (χ2v) is 7.01. The highest BCUT2D eigenvalue weighted by molar-refractivity contribution is 7.15. The van der Waals surface area contributed by atoms with Crippen molar-refractivity contribution in [3.05, 3.63) is 33.6 Å². The van der Waals surface area contributed by atoms with Gasteiger partial charge in [0, 0.05) is 16.1 Å². The summed E-state index contributed by atoms with van der Waals surface area (Å²) in [4.78, 5) is 21.8. The third-order valence-corrected chi connectivity index (χ3v) is 4.83. The Morgan fingerprint density at radius 1 is 1.24 bits per heavy atom. The predicted octanol–water partition coefficient (Wildman–Crippen LogP) is 3.70. The molecule has 3 aromatic heterocycles. The summed E-state index contributed by atoms with van der Waals surface area (Å²) in [6.07, 6.45) is -2.63. The lowest BCUT2D eigenvalue weighted by Crippen LogP contribution is -2.19. The van der Waals surface area contributed by atoms with Crippen LogP contribution in [0.3, 0.4) is 0 Å². The standard InChI is InChI=1S/C16H17F2N5OS/c1-7-5-11(14(17)18)13-9(3)22-23(15(13)19-7)6-12(24)21-16-20-8(2)10(4)25-16/h5,14H,6H2,1-4H3,(H,20,21,24). The molecule has 9 heteroatoms. The van der Waals surface area contributed by atoms with E-state index in [1.807, 2.05) is 13.8 Å². The van der Waals surface area contributed by atoms with Crippen LogP contribution in [0, 0.1) is 27.7 Å². The maximum absolute atomic E-state index is 13.3. The number of hydrogen-bond acceptors (Lipinski definition) is 5. The second kappa shape index (κ2) is 6.47. The molecule has 0 atom stereocenters. The largest absolute Gasteiger partial charge is 0.300 e. The van der Waals surface area contributed by atoms with Crippen LogP contribution in [0.2, 0.25) is 0 Å². The number of fused-ring (bicyclic) bond motifs is 1. The van der Waals surface area contributed by atoms with E-state index in [1.165, 1.54) is 22.1 Å². The quantitative estimate of drug-likeness (QED) is 0.765. The molecule has 25 heavy (non-hydrogen) atoms. The number of rotatable bonds is 4. The number of hydrogen-bond donors (Lipinski definition) is 1. The highest BCUT2D eigenvalue weighted by Gasteiger charge is 2.21. The number of thiazole rings is 1. The summed E-state index contributed by atoms with van der Waals surface area (Å²) in [5, 5.41) is 7.74. The average molecular weight is 365 g/mol. The van der Waals surface area contributed by atoms with Crippen LogP contribution in [0.25, 0.3) is 11.0 Å². The van der Waals surface area contributed by atoms with E-state index in [0.717, 1.165) is 10.6 Å². The third kappa shape index (κ3) is 3.37. The molecule has 0 spiro atoms. The molecule has 0 aliphatic rings. The zero-order chi connectivity index (χ0) is 18.3. The normalized spacial score (nSPS) is 11.5. The lowest BCUT2D eigenvalue weighted by atomic mass is 10.1. The van der Waals surface area contributed by atoms with Crippen LogP contribution >= 0.6 is 11.3 Å². The molecule has 3 heterocycles. The summed E-state index contributed by atoms with van der Waals surface area (Å²) >= 11 is 1.38. The van der Waals surface area contributed by atoms with Crippen molar-refractivity contribution in [3.63, 3.8) is 0 Å². The molecule has 0 aliphatic heterocycles. The minimum absolute atomic E-state index is 0.113. The molecule has 132 valence electrons. The summed E-state index contributed by atoms with van der Waals surface area (Å²) < 4.78 is 28.0. The van der Waals surface area contributed by atoms with Gasteiger partial charge in [0.05, 0.1) is 16.8 Å². The molecule has 6 nitrogen and oxygen atoms in total. The Labute approximate surface area is 146 Å². The molecular weight excluding hydrogens is 348 g/mol. The van der Waals surface area contributed by atoms with Crippen LogP contribution in [-0.4, -0.2) is 25.7 Å². The van der Waals surface area contributed by atoms with Gasteiger partial charge in [-0.2, -0.15) is 5.10 Å². The molecule has 0 bridgehead atoms. The van der Waals surface area contributed by atoms with Gasteiger partial charge in [0.25, 0.3) is 6.43 Å². The SMILES string of the molecule is Cc1cc(C(F)F)c2c(C)nn(CC(=O)Nc3nc(C)c(C)s3)c2n1. The number of halogens is 2. The molecule has 0 radical (unpaired) electrons. The van der Waals surface area contributed by atoms with Gasteiger partial charge in [-0.05, 0) is 33.8 Å². The summed E-state index contributed by atoms with van der Waals surface area (Å²) in [5.74, 6) is -0.333. The topological polar surface area (TPSA) is 72.7 Å². The van der Waals surface area contributed by atoms with Crippen LogP contribution in [0.5, 0.6) is 0 Å². The molecule has 1 amide bonds. The zero-order valence-corrected chi connectivity index (χ0v) is 15.0. The third-order valence-electron chi connectivity index (χ3n) is 3.84. The van der Waals surface area contributed by atoms with Crippen molar-refractivity contribution in [2.45, 2.75) is 40.7 Å². The van der Waals surface area contributed by atoms with Gasteiger partial charge in [0.15, 0.2) is 10.8 Å². The lowest BCUT2D eigenvalue weighted by molar-refractivity contribution is -0.116. The molecule has 0 unspecified atom stereocenters. The first kappa shape index (κ1) is 17.4. The van der Waals surface area contributed by atoms with Crippen molar-refractivity contribution in [1.82, 2.24) is 19.7 Å². The van der Waals surface area contributed by atoms with Gasteiger partial charge in [-0.3, -0.25) is 4.79 Å². The number of nitrogens with zero attached hydrogens (tertiary/aromatic N) is 4. The molecule has 3 aromatic rings. The first-order valence-corrected chi connectivity index (χ1v) is 8.44. The zero-order valence-electron chi connectivity index (χ0n) is 14.2. The average Bonchev–Trinajstić information content (AvgIpc) is 2.98. The first-order valence-electron chi connectivity index (χ1n) is 7.63. The van der Waals surface area contributed by atoms with Crippen molar-refractivity contribution < 1.29 is 13.6 Å². The summed E-state index contributed by atoms with van der Waals surface area (Å²) in [5.41, 5.74) is 1.91. The Bertz CT molecular complexity index is 944. The van der Waals surface area contributed by atoms with Crippen molar-refractivity contribution in [1.29, 1.82) is 0 Å². The van der Waals surface area contributed by atoms with E-state index in [0.29, 0.717) is 21.9 Å². The van der Waals surface area contributed by atoms with Crippen molar-refractivity contribution >= 4 is 33.4 Å². The molecule has 0 fully saturated rings. The fourth-order valence-electron chi connectivity index (χ4n) is 2.62. The first-order chi connectivity index (χ1) is 11.8. The molecule has 0 saturated carbocycles. The van der Waals surface area contributed by atoms with Crippen molar-refractivity contribution in [2.75, 3.05) is 5.32 Å². The van der Waals surface area contributed by atoms with Gasteiger partial charge >= 0.3 is 0 Å². The number of pyridine rings is 1. The van der Waals surface area contributed by atoms with E-state index < -0.39 is 6.43 Å². The van der Waals surface area contributed by atoms with Crippen molar-refractivity contribution in [3.8, 4) is 0 Å². The van der Waals surface area contributed by atoms with Crippen LogP contribution in [0.15, 0.2) is 6.07 Å². The molecule has 0 aromatic carbocycles. The minimum atomic E-state index is -2.63. The summed E-state index contributed by atoms with van der Waals surface area (Å²) in [7, 11) is 0. The fraction of sp³-hybridized carbons (Fsp3) is 0.375. The van der Waals surface area contributed by atoms with Crippen molar-refractivity contribution in [2.24, 2.45) is 0 Å². The molecule has 3 rings (SSSR count). The smallest absolute Gasteiger partial charge is 0.264 e. The van der Waals surface area contributed by atoms with Crippen LogP contribution in [0.1, 0.15) is 33.9 Å². The summed E-state index contributed by atoms with van der Waals surface area (Å²) in [6, 6.07) is 1.35. The highest BCUT2D eigenvalue weighted by atomic mass is 32.1. The number of aromatic nitrogens is 4. The predicted molar refractivity (Wildman–Crippen MR) is 92.2 cm³/mol. The van der Waals surface area contributed by atoms with Gasteiger partial charge in [-0.25, -0.2) is 23.4 Å². The molecule has 0 aliphatic carbocycles. The van der Waals surface area contributed by atoms with E-state index in [1.54, 1.807) is 13.8 Å². The number of carbonyl (C=O) groups excluding carboxylic acids is 1. The Morgan fingerprint density at radius 3 is 2.56 bits per heavy atom. The van der Waals surface area contributed by atoms with E-state index in [4.69, 9.17) is 0 Å². The summed E-state index contributed by atoms with van der Waals surface area (Å²) in [6.45, 7) is 6.93. The van der Waals surface area contributed by atoms with Gasteiger partial charge in [-0.15, -0.1) is 11.3 Å². The van der Waals surface area contributed by atoms with E-state index in [-0.39, 0.29) is 23.7 Å². The number of amides is 1. The maximum Gasteiger partial charge on any atom is 0.264 e. The number of aryl methyl sites for hydroxylation is 4. The van der Waals surface area contributed by atoms with Crippen LogP contribution in [-0.2, 0) is 11.3 Å². The number of alkyl halides is 2. The fourth-order valence-corrected chi connectivity index (χ4v) is 3.45. The maximum atomic E-state index is 13.3. The van der Waals surface area contributed by atoms with E-state index in [9.17, 15) is 13.6 Å². The van der Waals surface area contributed by atoms with Gasteiger partial charge in [0.2, 0.25) is 5.91 Å². The highest BCUT2D eigenvalue weighted by Crippen LogP contribution is 2.30. The number of anilines is 1. The van der Waals surface area contributed by atoms with Crippen LogP contribution in [0.4, 0.5) is 13.9 Å². The second-order valence-electron chi connectivity index (χ2n) is 5.80. The Morgan fingerprint density at radius 2 is 1.96 bits per heavy atom.